The first-order chi connectivity index (χ1) is 13.7. The van der Waals surface area contributed by atoms with Crippen molar-refractivity contribution < 1.29 is 23.4 Å². The molecule has 9 heteroatoms. The highest BCUT2D eigenvalue weighted by Gasteiger charge is 2.64. The molecule has 3 N–H and O–H groups in total. The van der Waals surface area contributed by atoms with Crippen LogP contribution in [0.1, 0.15) is 17.9 Å². The number of aromatic hydroxyl groups is 1. The molecule has 1 aliphatic carbocycles. The molecule has 1 aliphatic rings. The average molecular weight is 450 g/mol. The zero-order valence-electron chi connectivity index (χ0n) is 14.9. The first-order valence-electron chi connectivity index (χ1n) is 8.64. The van der Waals surface area contributed by atoms with E-state index in [4.69, 9.17) is 11.6 Å². The van der Waals surface area contributed by atoms with Gasteiger partial charge < -0.3 is 10.2 Å². The lowest BCUT2D eigenvalue weighted by Crippen LogP contribution is -2.44. The number of nitrogens with one attached hydrogen (secondary N) is 1. The third-order valence-corrected chi connectivity index (χ3v) is 8.33. The molecular formula is C20H16ClNO5S2. The van der Waals surface area contributed by atoms with E-state index in [1.807, 2.05) is 0 Å². The van der Waals surface area contributed by atoms with Crippen LogP contribution < -0.4 is 4.72 Å². The summed E-state index contributed by atoms with van der Waals surface area (Å²) >= 11 is 6.93. The van der Waals surface area contributed by atoms with Crippen LogP contribution in [0.5, 0.6) is 5.75 Å². The summed E-state index contributed by atoms with van der Waals surface area (Å²) in [4.78, 5) is 12.7. The maximum Gasteiger partial charge on any atom is 0.325 e. The summed E-state index contributed by atoms with van der Waals surface area (Å²) < 4.78 is 28.2. The molecule has 0 unspecified atom stereocenters. The fourth-order valence-electron chi connectivity index (χ4n) is 3.34. The van der Waals surface area contributed by atoms with E-state index in [0.29, 0.717) is 10.6 Å². The Morgan fingerprint density at radius 3 is 2.45 bits per heavy atom. The van der Waals surface area contributed by atoms with Crippen molar-refractivity contribution in [3.8, 4) is 16.2 Å². The number of para-hydroxylation sites is 1. The van der Waals surface area contributed by atoms with Crippen molar-refractivity contribution in [1.29, 1.82) is 0 Å². The fourth-order valence-corrected chi connectivity index (χ4v) is 6.18. The number of carbonyl (C=O) groups is 1. The summed E-state index contributed by atoms with van der Waals surface area (Å²) in [6.45, 7) is 0. The molecule has 1 saturated carbocycles. The predicted molar refractivity (Wildman–Crippen MR) is 111 cm³/mol. The van der Waals surface area contributed by atoms with Gasteiger partial charge in [0.1, 0.15) is 15.5 Å². The molecule has 29 heavy (non-hydrogen) atoms. The molecule has 2 aromatic carbocycles. The molecule has 6 nitrogen and oxygen atoms in total. The summed E-state index contributed by atoms with van der Waals surface area (Å²) in [6.07, 6.45) is 0.0640. The van der Waals surface area contributed by atoms with Gasteiger partial charge in [0, 0.05) is 15.8 Å². The van der Waals surface area contributed by atoms with E-state index in [1.54, 1.807) is 48.5 Å². The number of benzene rings is 2. The highest BCUT2D eigenvalue weighted by atomic mass is 35.5. The second kappa shape index (κ2) is 7.14. The minimum absolute atomic E-state index is 0.0195. The first-order valence-corrected chi connectivity index (χ1v) is 11.3. The Balaban J connectivity index is 1.62. The van der Waals surface area contributed by atoms with Gasteiger partial charge in [0.25, 0.3) is 10.0 Å². The van der Waals surface area contributed by atoms with Gasteiger partial charge in [-0.05, 0) is 47.9 Å². The van der Waals surface area contributed by atoms with Crippen LogP contribution in [0.25, 0.3) is 10.4 Å². The Labute approximate surface area is 176 Å². The molecule has 0 radical (unpaired) electrons. The highest BCUT2D eigenvalue weighted by Crippen LogP contribution is 2.54. The quantitative estimate of drug-likeness (QED) is 0.526. The van der Waals surface area contributed by atoms with E-state index in [9.17, 15) is 23.4 Å². The Morgan fingerprint density at radius 1 is 1.10 bits per heavy atom. The minimum atomic E-state index is -4.07. The molecule has 3 aromatic rings. The molecule has 0 spiro atoms. The van der Waals surface area contributed by atoms with Crippen molar-refractivity contribution in [3.63, 3.8) is 0 Å². The maximum atomic E-state index is 12.9. The van der Waals surface area contributed by atoms with Crippen molar-refractivity contribution in [2.45, 2.75) is 22.1 Å². The third-order valence-electron chi connectivity index (χ3n) is 4.95. The van der Waals surface area contributed by atoms with Gasteiger partial charge in [0.15, 0.2) is 0 Å². The molecule has 1 fully saturated rings. The van der Waals surface area contributed by atoms with E-state index in [2.05, 4.69) is 4.72 Å². The van der Waals surface area contributed by atoms with E-state index >= 15 is 0 Å². The summed E-state index contributed by atoms with van der Waals surface area (Å²) in [5, 5.41) is 20.3. The van der Waals surface area contributed by atoms with E-state index in [1.165, 1.54) is 12.1 Å². The SMILES string of the molecule is O=C(O)[C@@]1(NS(=O)(=O)c2ccc(-c3ccc(Cl)cc3)s2)C[C@H]1c1ccccc1O. The number of halogens is 1. The standard InChI is InChI=1S/C20H16ClNO5S2/c21-13-7-5-12(6-8-13)17-9-10-18(28-17)29(26,27)22-20(19(24)25)11-15(20)14-3-1-2-4-16(14)23/h1-10,15,22-23H,11H2,(H,24,25)/t15-,20+/m0/s1. The van der Waals surface area contributed by atoms with Crippen molar-refractivity contribution in [2.75, 3.05) is 0 Å². The lowest BCUT2D eigenvalue weighted by molar-refractivity contribution is -0.140. The van der Waals surface area contributed by atoms with Gasteiger partial charge in [-0.3, -0.25) is 4.79 Å². The van der Waals surface area contributed by atoms with Crippen LogP contribution in [0.3, 0.4) is 0 Å². The zero-order valence-corrected chi connectivity index (χ0v) is 17.3. The third kappa shape index (κ3) is 3.64. The van der Waals surface area contributed by atoms with Gasteiger partial charge in [0.05, 0.1) is 0 Å². The summed E-state index contributed by atoms with van der Waals surface area (Å²) in [5.41, 5.74) is -0.458. The van der Waals surface area contributed by atoms with Crippen molar-refractivity contribution in [1.82, 2.24) is 4.72 Å². The number of hydrogen-bond donors (Lipinski definition) is 3. The molecule has 1 aromatic heterocycles. The number of rotatable bonds is 6. The number of carboxylic acids is 1. The lowest BCUT2D eigenvalue weighted by Gasteiger charge is -2.15. The number of phenolic OH excluding ortho intramolecular Hbond substituents is 1. The van der Waals surface area contributed by atoms with Gasteiger partial charge in [-0.15, -0.1) is 11.3 Å². The van der Waals surface area contributed by atoms with Gasteiger partial charge in [-0.25, -0.2) is 8.42 Å². The Morgan fingerprint density at radius 2 is 1.79 bits per heavy atom. The first kappa shape index (κ1) is 19.9. The molecular weight excluding hydrogens is 434 g/mol. The van der Waals surface area contributed by atoms with Crippen LogP contribution >= 0.6 is 22.9 Å². The molecule has 0 amide bonds. The predicted octanol–water partition coefficient (Wildman–Crippen LogP) is 4.06. The topological polar surface area (TPSA) is 104 Å². The molecule has 0 saturated heterocycles. The smallest absolute Gasteiger partial charge is 0.325 e. The van der Waals surface area contributed by atoms with E-state index in [-0.39, 0.29) is 16.4 Å². The molecule has 1 heterocycles. The number of phenols is 1. The number of thiophene rings is 1. The van der Waals surface area contributed by atoms with Gasteiger partial charge in [-0.2, -0.15) is 4.72 Å². The number of sulfonamides is 1. The maximum absolute atomic E-state index is 12.9. The molecule has 0 aliphatic heterocycles. The summed E-state index contributed by atoms with van der Waals surface area (Å²) in [5.74, 6) is -1.98. The van der Waals surface area contributed by atoms with Crippen molar-refractivity contribution >= 4 is 38.9 Å². The molecule has 0 bridgehead atoms. The Kier molecular flexibility index (Phi) is 4.90. The fraction of sp³-hybridized carbons (Fsp3) is 0.150. The average Bonchev–Trinajstić information content (AvgIpc) is 3.16. The monoisotopic (exact) mass is 449 g/mol. The zero-order chi connectivity index (χ0) is 20.8. The van der Waals surface area contributed by atoms with Crippen LogP contribution in [-0.2, 0) is 14.8 Å². The minimum Gasteiger partial charge on any atom is -0.508 e. The number of hydrogen-bond acceptors (Lipinski definition) is 5. The van der Waals surface area contributed by atoms with Gasteiger partial charge in [0.2, 0.25) is 0 Å². The lowest BCUT2D eigenvalue weighted by atomic mass is 10.1. The Bertz CT molecular complexity index is 1190. The second-order valence-corrected chi connectivity index (χ2v) is 10.3. The van der Waals surface area contributed by atoms with Crippen LogP contribution in [-0.4, -0.2) is 30.1 Å². The molecule has 4 rings (SSSR count). The molecule has 150 valence electrons. The van der Waals surface area contributed by atoms with Gasteiger partial charge >= 0.3 is 5.97 Å². The Hall–Kier alpha value is -2.39. The van der Waals surface area contributed by atoms with Crippen LogP contribution in [0, 0.1) is 0 Å². The number of aliphatic carboxylic acids is 1. The normalized spacial score (nSPS) is 21.1. The summed E-state index contributed by atoms with van der Waals surface area (Å²) in [7, 11) is -4.07. The highest BCUT2D eigenvalue weighted by molar-refractivity contribution is 7.91. The van der Waals surface area contributed by atoms with E-state index < -0.39 is 27.4 Å². The largest absolute Gasteiger partial charge is 0.508 e. The van der Waals surface area contributed by atoms with Crippen LogP contribution in [0.4, 0.5) is 0 Å². The second-order valence-electron chi connectivity index (χ2n) is 6.82. The summed E-state index contributed by atoms with van der Waals surface area (Å²) in [6, 6.07) is 16.5. The van der Waals surface area contributed by atoms with Crippen molar-refractivity contribution in [3.05, 3.63) is 71.2 Å². The van der Waals surface area contributed by atoms with Crippen LogP contribution in [0.2, 0.25) is 5.02 Å². The van der Waals surface area contributed by atoms with E-state index in [0.717, 1.165) is 21.8 Å². The van der Waals surface area contributed by atoms with Gasteiger partial charge in [-0.1, -0.05) is 41.9 Å². The van der Waals surface area contributed by atoms with Crippen molar-refractivity contribution in [2.24, 2.45) is 0 Å². The van der Waals surface area contributed by atoms with Crippen LogP contribution in [0.15, 0.2) is 64.9 Å². The number of carboxylic acid groups (broad SMARTS) is 1. The molecule has 2 atom stereocenters.